The van der Waals surface area contributed by atoms with Crippen LogP contribution in [0.2, 0.25) is 0 Å². The van der Waals surface area contributed by atoms with Gasteiger partial charge in [-0.15, -0.1) is 0 Å². The van der Waals surface area contributed by atoms with Crippen LogP contribution in [0.15, 0.2) is 42.5 Å². The van der Waals surface area contributed by atoms with E-state index in [1.54, 1.807) is 20.1 Å². The fourth-order valence-corrected chi connectivity index (χ4v) is 2.25. The maximum Gasteiger partial charge on any atom is 0.126 e. The number of nitrogens with one attached hydrogen (secondary N) is 1. The minimum atomic E-state index is -0.159. The Hall–Kier alpha value is -1.87. The number of likely N-dealkylation sites (N-methyl/N-ethyl adjacent to an activating group) is 1. The first-order valence-electron chi connectivity index (χ1n) is 6.70. The van der Waals surface area contributed by atoms with Crippen molar-refractivity contribution in [3.8, 4) is 5.75 Å². The summed E-state index contributed by atoms with van der Waals surface area (Å²) < 4.78 is 18.9. The van der Waals surface area contributed by atoms with Crippen molar-refractivity contribution in [2.45, 2.75) is 19.4 Å². The van der Waals surface area contributed by atoms with Gasteiger partial charge in [-0.05, 0) is 55.3 Å². The summed E-state index contributed by atoms with van der Waals surface area (Å²) in [5.41, 5.74) is 2.79. The van der Waals surface area contributed by atoms with Crippen LogP contribution in [-0.4, -0.2) is 14.2 Å². The maximum atomic E-state index is 13.7. The van der Waals surface area contributed by atoms with Gasteiger partial charge in [0.1, 0.15) is 11.6 Å². The van der Waals surface area contributed by atoms with Crippen LogP contribution in [0.25, 0.3) is 0 Å². The molecule has 0 bridgehead atoms. The molecule has 0 aliphatic heterocycles. The highest BCUT2D eigenvalue weighted by Gasteiger charge is 2.12. The van der Waals surface area contributed by atoms with Crippen molar-refractivity contribution in [3.63, 3.8) is 0 Å². The molecule has 2 aromatic rings. The molecule has 2 rings (SSSR count). The molecule has 0 fully saturated rings. The Morgan fingerprint density at radius 2 is 2.00 bits per heavy atom. The molecule has 0 aromatic heterocycles. The average Bonchev–Trinajstić information content (AvgIpc) is 2.48. The molecule has 1 atom stereocenters. The minimum absolute atomic E-state index is 0.0807. The number of methoxy groups -OCH3 is 1. The van der Waals surface area contributed by atoms with E-state index in [1.807, 2.05) is 37.4 Å². The number of rotatable bonds is 5. The quantitative estimate of drug-likeness (QED) is 0.898. The number of ether oxygens (including phenoxy) is 1. The van der Waals surface area contributed by atoms with E-state index in [0.29, 0.717) is 5.56 Å². The van der Waals surface area contributed by atoms with E-state index in [-0.39, 0.29) is 11.9 Å². The standard InChI is InChI=1S/C17H20FNO/c1-12-7-8-14(11-16(12)18)17(19-2)10-13-5-4-6-15(9-13)20-3/h4-9,11,17,19H,10H2,1-3H3. The smallest absolute Gasteiger partial charge is 0.126 e. The molecule has 0 radical (unpaired) electrons. The zero-order valence-electron chi connectivity index (χ0n) is 12.1. The second-order valence-electron chi connectivity index (χ2n) is 4.91. The highest BCUT2D eigenvalue weighted by molar-refractivity contribution is 5.31. The third kappa shape index (κ3) is 3.36. The van der Waals surface area contributed by atoms with Gasteiger partial charge < -0.3 is 10.1 Å². The first-order valence-corrected chi connectivity index (χ1v) is 6.70. The van der Waals surface area contributed by atoms with Crippen molar-refractivity contribution < 1.29 is 9.13 Å². The van der Waals surface area contributed by atoms with E-state index in [1.165, 1.54) is 0 Å². The molecule has 0 saturated carbocycles. The van der Waals surface area contributed by atoms with Crippen molar-refractivity contribution in [1.82, 2.24) is 5.32 Å². The van der Waals surface area contributed by atoms with Crippen LogP contribution in [0, 0.1) is 12.7 Å². The van der Waals surface area contributed by atoms with Crippen molar-refractivity contribution in [2.75, 3.05) is 14.2 Å². The lowest BCUT2D eigenvalue weighted by molar-refractivity contribution is 0.414. The first kappa shape index (κ1) is 14.5. The molecule has 106 valence electrons. The Morgan fingerprint density at radius 3 is 2.65 bits per heavy atom. The molecule has 3 heteroatoms. The monoisotopic (exact) mass is 273 g/mol. The summed E-state index contributed by atoms with van der Waals surface area (Å²) >= 11 is 0. The van der Waals surface area contributed by atoms with Crippen LogP contribution in [0.4, 0.5) is 4.39 Å². The van der Waals surface area contributed by atoms with Crippen LogP contribution in [-0.2, 0) is 6.42 Å². The predicted octanol–water partition coefficient (Wildman–Crippen LogP) is 3.65. The SMILES string of the molecule is CNC(Cc1cccc(OC)c1)c1ccc(C)c(F)c1. The average molecular weight is 273 g/mol. The molecule has 0 saturated heterocycles. The summed E-state index contributed by atoms with van der Waals surface area (Å²) in [6.45, 7) is 1.77. The molecular formula is C17H20FNO. The summed E-state index contributed by atoms with van der Waals surface area (Å²) in [5.74, 6) is 0.681. The Kier molecular flexibility index (Phi) is 4.74. The van der Waals surface area contributed by atoms with E-state index < -0.39 is 0 Å². The molecule has 0 aliphatic rings. The van der Waals surface area contributed by atoms with Crippen molar-refractivity contribution >= 4 is 0 Å². The summed E-state index contributed by atoms with van der Waals surface area (Å²) in [5, 5.41) is 3.24. The van der Waals surface area contributed by atoms with Gasteiger partial charge in [0.25, 0.3) is 0 Å². The molecule has 0 amide bonds. The van der Waals surface area contributed by atoms with Crippen LogP contribution in [0.5, 0.6) is 5.75 Å². The predicted molar refractivity (Wildman–Crippen MR) is 79.6 cm³/mol. The van der Waals surface area contributed by atoms with E-state index in [9.17, 15) is 4.39 Å². The molecule has 0 aliphatic carbocycles. The Labute approximate surface area is 119 Å². The van der Waals surface area contributed by atoms with E-state index in [4.69, 9.17) is 4.74 Å². The zero-order valence-corrected chi connectivity index (χ0v) is 12.1. The lowest BCUT2D eigenvalue weighted by Crippen LogP contribution is -2.19. The summed E-state index contributed by atoms with van der Waals surface area (Å²) in [6.07, 6.45) is 0.788. The lowest BCUT2D eigenvalue weighted by atomic mass is 9.98. The lowest BCUT2D eigenvalue weighted by Gasteiger charge is -2.17. The third-order valence-electron chi connectivity index (χ3n) is 3.52. The number of hydrogen-bond acceptors (Lipinski definition) is 2. The summed E-state index contributed by atoms with van der Waals surface area (Å²) in [4.78, 5) is 0. The summed E-state index contributed by atoms with van der Waals surface area (Å²) in [7, 11) is 3.55. The molecule has 1 N–H and O–H groups in total. The Morgan fingerprint density at radius 1 is 1.20 bits per heavy atom. The van der Waals surface area contributed by atoms with Crippen molar-refractivity contribution in [3.05, 3.63) is 65.0 Å². The van der Waals surface area contributed by atoms with Crippen LogP contribution >= 0.6 is 0 Å². The van der Waals surface area contributed by atoms with Gasteiger partial charge in [-0.25, -0.2) is 4.39 Å². The van der Waals surface area contributed by atoms with E-state index in [2.05, 4.69) is 11.4 Å². The van der Waals surface area contributed by atoms with Crippen LogP contribution in [0.1, 0.15) is 22.7 Å². The molecule has 1 unspecified atom stereocenters. The van der Waals surface area contributed by atoms with Gasteiger partial charge in [0, 0.05) is 6.04 Å². The fourth-order valence-electron chi connectivity index (χ4n) is 2.25. The van der Waals surface area contributed by atoms with Gasteiger partial charge in [-0.1, -0.05) is 24.3 Å². The maximum absolute atomic E-state index is 13.7. The molecule has 0 heterocycles. The highest BCUT2D eigenvalue weighted by Crippen LogP contribution is 2.22. The first-order chi connectivity index (χ1) is 9.63. The summed E-state index contributed by atoms with van der Waals surface area (Å²) in [6, 6.07) is 13.4. The Bertz CT molecular complexity index is 583. The molecule has 2 aromatic carbocycles. The number of halogens is 1. The van der Waals surface area contributed by atoms with Gasteiger partial charge in [-0.2, -0.15) is 0 Å². The highest BCUT2D eigenvalue weighted by atomic mass is 19.1. The second-order valence-corrected chi connectivity index (χ2v) is 4.91. The van der Waals surface area contributed by atoms with E-state index >= 15 is 0 Å². The van der Waals surface area contributed by atoms with Crippen molar-refractivity contribution in [2.24, 2.45) is 0 Å². The fraction of sp³-hybridized carbons (Fsp3) is 0.294. The van der Waals surface area contributed by atoms with Gasteiger partial charge in [0.15, 0.2) is 0 Å². The van der Waals surface area contributed by atoms with Gasteiger partial charge in [0.05, 0.1) is 7.11 Å². The largest absolute Gasteiger partial charge is 0.497 e. The second kappa shape index (κ2) is 6.53. The van der Waals surface area contributed by atoms with Gasteiger partial charge in [0.2, 0.25) is 0 Å². The van der Waals surface area contributed by atoms with Crippen LogP contribution < -0.4 is 10.1 Å². The van der Waals surface area contributed by atoms with Gasteiger partial charge >= 0.3 is 0 Å². The molecule has 0 spiro atoms. The normalized spacial score (nSPS) is 12.2. The Balaban J connectivity index is 2.21. The third-order valence-corrected chi connectivity index (χ3v) is 3.52. The minimum Gasteiger partial charge on any atom is -0.497 e. The van der Waals surface area contributed by atoms with Gasteiger partial charge in [-0.3, -0.25) is 0 Å². The zero-order chi connectivity index (χ0) is 14.5. The number of benzene rings is 2. The topological polar surface area (TPSA) is 21.3 Å². The molecule has 2 nitrogen and oxygen atoms in total. The molecule has 20 heavy (non-hydrogen) atoms. The number of aryl methyl sites for hydroxylation is 1. The van der Waals surface area contributed by atoms with Crippen LogP contribution in [0.3, 0.4) is 0 Å². The van der Waals surface area contributed by atoms with Crippen molar-refractivity contribution in [1.29, 1.82) is 0 Å². The molecular weight excluding hydrogens is 253 g/mol. The number of hydrogen-bond donors (Lipinski definition) is 1. The van der Waals surface area contributed by atoms with E-state index in [0.717, 1.165) is 23.3 Å².